The highest BCUT2D eigenvalue weighted by molar-refractivity contribution is 6.09. The van der Waals surface area contributed by atoms with Gasteiger partial charge in [-0.1, -0.05) is 13.0 Å². The van der Waals surface area contributed by atoms with E-state index in [2.05, 4.69) is 0 Å². The van der Waals surface area contributed by atoms with Crippen LogP contribution in [-0.2, 0) is 4.79 Å². The van der Waals surface area contributed by atoms with Crippen LogP contribution in [0.4, 0.5) is 0 Å². The molecule has 0 atom stereocenters. The van der Waals surface area contributed by atoms with E-state index in [1.807, 2.05) is 6.92 Å². The quantitative estimate of drug-likeness (QED) is 0.359. The minimum atomic E-state index is -1.07. The lowest BCUT2D eigenvalue weighted by molar-refractivity contribution is -0.135. The highest BCUT2D eigenvalue weighted by Gasteiger charge is 2.11. The Labute approximate surface area is 83.1 Å². The highest BCUT2D eigenvalue weighted by atomic mass is 16.4. The van der Waals surface area contributed by atoms with Gasteiger partial charge in [0.1, 0.15) is 5.76 Å². The summed E-state index contributed by atoms with van der Waals surface area (Å²) in [5.41, 5.74) is 0.229. The summed E-state index contributed by atoms with van der Waals surface area (Å²) in [6.45, 7) is 3.49. The number of aliphatic carboxylic acids is 1. The molecule has 0 spiro atoms. The van der Waals surface area contributed by atoms with Crippen molar-refractivity contribution in [3.8, 4) is 0 Å². The fraction of sp³-hybridized carbons (Fsp3) is 0.400. The van der Waals surface area contributed by atoms with Crippen molar-refractivity contribution in [3.63, 3.8) is 0 Å². The molecule has 0 amide bonds. The largest absolute Gasteiger partial charge is 0.508 e. The van der Waals surface area contributed by atoms with Gasteiger partial charge in [-0.05, 0) is 19.4 Å². The molecule has 0 saturated heterocycles. The molecule has 0 aliphatic carbocycles. The zero-order valence-electron chi connectivity index (χ0n) is 8.37. The summed E-state index contributed by atoms with van der Waals surface area (Å²) < 4.78 is 0. The van der Waals surface area contributed by atoms with E-state index in [0.717, 1.165) is 0 Å². The van der Waals surface area contributed by atoms with E-state index >= 15 is 0 Å². The van der Waals surface area contributed by atoms with Crippen LogP contribution in [0.25, 0.3) is 0 Å². The Morgan fingerprint density at radius 3 is 2.36 bits per heavy atom. The van der Waals surface area contributed by atoms with Gasteiger partial charge >= 0.3 is 5.97 Å². The van der Waals surface area contributed by atoms with Crippen LogP contribution in [0.2, 0.25) is 0 Å². The summed E-state index contributed by atoms with van der Waals surface area (Å²) in [5.74, 6) is -1.11. The lowest BCUT2D eigenvalue weighted by Crippen LogP contribution is -2.10. The average molecular weight is 197 g/mol. The number of carboxylic acid groups (broad SMARTS) is 1. The van der Waals surface area contributed by atoms with Crippen molar-refractivity contribution in [2.24, 2.45) is 0 Å². The molecule has 78 valence electrons. The predicted molar refractivity (Wildman–Crippen MR) is 54.7 cm³/mol. The number of aliphatic hydroxyl groups excluding tert-OH is 1. The van der Waals surface area contributed by atoms with Crippen LogP contribution in [0, 0.1) is 5.41 Å². The van der Waals surface area contributed by atoms with Crippen molar-refractivity contribution in [1.29, 1.82) is 5.41 Å². The van der Waals surface area contributed by atoms with Gasteiger partial charge in [-0.2, -0.15) is 0 Å². The van der Waals surface area contributed by atoms with Crippen LogP contribution in [0.15, 0.2) is 23.5 Å². The Morgan fingerprint density at radius 2 is 2.00 bits per heavy atom. The summed E-state index contributed by atoms with van der Waals surface area (Å²) >= 11 is 0. The summed E-state index contributed by atoms with van der Waals surface area (Å²) in [6, 6.07) is 0. The van der Waals surface area contributed by atoms with Gasteiger partial charge in [0.05, 0.1) is 12.1 Å². The van der Waals surface area contributed by atoms with Crippen molar-refractivity contribution >= 4 is 11.7 Å². The van der Waals surface area contributed by atoms with Gasteiger partial charge in [0.25, 0.3) is 0 Å². The fourth-order valence-electron chi connectivity index (χ4n) is 0.988. The molecule has 4 heteroatoms. The first-order chi connectivity index (χ1) is 6.52. The van der Waals surface area contributed by atoms with Crippen LogP contribution in [0.3, 0.4) is 0 Å². The molecule has 0 aromatic carbocycles. The normalized spacial score (nSPS) is 12.7. The number of carbonyl (C=O) groups is 1. The van der Waals surface area contributed by atoms with Crippen LogP contribution in [-0.4, -0.2) is 21.9 Å². The van der Waals surface area contributed by atoms with E-state index in [-0.39, 0.29) is 17.9 Å². The van der Waals surface area contributed by atoms with E-state index in [4.69, 9.17) is 10.5 Å². The van der Waals surface area contributed by atoms with Gasteiger partial charge in [-0.15, -0.1) is 0 Å². The molecule has 0 unspecified atom stereocenters. The minimum absolute atomic E-state index is 0.0434. The van der Waals surface area contributed by atoms with Crippen molar-refractivity contribution in [3.05, 3.63) is 23.5 Å². The first kappa shape index (κ1) is 12.4. The summed E-state index contributed by atoms with van der Waals surface area (Å²) in [5, 5.41) is 25.3. The lowest BCUT2D eigenvalue weighted by atomic mass is 10.0. The van der Waals surface area contributed by atoms with Gasteiger partial charge in [-0.25, -0.2) is 0 Å². The monoisotopic (exact) mass is 197 g/mol. The molecule has 4 nitrogen and oxygen atoms in total. The second-order valence-corrected chi connectivity index (χ2v) is 2.75. The lowest BCUT2D eigenvalue weighted by Gasteiger charge is -2.06. The summed E-state index contributed by atoms with van der Waals surface area (Å²) in [7, 11) is 0. The molecule has 0 aliphatic heterocycles. The summed E-state index contributed by atoms with van der Waals surface area (Å²) in [4.78, 5) is 10.4. The van der Waals surface area contributed by atoms with Gasteiger partial charge in [0.2, 0.25) is 0 Å². The molecular weight excluding hydrogens is 182 g/mol. The number of hydrogen-bond donors (Lipinski definition) is 3. The Kier molecular flexibility index (Phi) is 5.29. The molecule has 0 bridgehead atoms. The van der Waals surface area contributed by atoms with Gasteiger partial charge in [-0.3, -0.25) is 4.79 Å². The first-order valence-electron chi connectivity index (χ1n) is 4.38. The van der Waals surface area contributed by atoms with Gasteiger partial charge in [0, 0.05) is 5.57 Å². The third-order valence-corrected chi connectivity index (χ3v) is 1.61. The van der Waals surface area contributed by atoms with Crippen LogP contribution in [0.5, 0.6) is 0 Å². The molecule has 0 fully saturated rings. The predicted octanol–water partition coefficient (Wildman–Crippen LogP) is 2.28. The number of nitrogens with one attached hydrogen (secondary N) is 1. The fourth-order valence-corrected chi connectivity index (χ4v) is 0.988. The highest BCUT2D eigenvalue weighted by Crippen LogP contribution is 2.11. The molecule has 0 rings (SSSR count). The van der Waals surface area contributed by atoms with E-state index in [9.17, 15) is 9.90 Å². The third kappa shape index (κ3) is 3.89. The first-order valence-corrected chi connectivity index (χ1v) is 4.38. The SMILES string of the molecule is C/C=C(O)\C(=C/CC)C(=N)CC(=O)O. The zero-order valence-corrected chi connectivity index (χ0v) is 8.37. The second-order valence-electron chi connectivity index (χ2n) is 2.75. The van der Waals surface area contributed by atoms with E-state index in [1.165, 1.54) is 6.08 Å². The van der Waals surface area contributed by atoms with Crippen molar-refractivity contribution in [1.82, 2.24) is 0 Å². The van der Waals surface area contributed by atoms with Crippen molar-refractivity contribution in [2.45, 2.75) is 26.7 Å². The van der Waals surface area contributed by atoms with Gasteiger partial charge < -0.3 is 15.6 Å². The van der Waals surface area contributed by atoms with Crippen LogP contribution in [0.1, 0.15) is 26.7 Å². The number of aliphatic hydroxyl groups is 1. The van der Waals surface area contributed by atoms with E-state index in [1.54, 1.807) is 13.0 Å². The maximum Gasteiger partial charge on any atom is 0.309 e. The van der Waals surface area contributed by atoms with Crippen LogP contribution >= 0.6 is 0 Å². The van der Waals surface area contributed by atoms with E-state index < -0.39 is 5.97 Å². The Morgan fingerprint density at radius 1 is 1.43 bits per heavy atom. The molecule has 0 aromatic rings. The number of rotatable bonds is 5. The maximum atomic E-state index is 10.4. The average Bonchev–Trinajstić information content (AvgIpc) is 2.11. The van der Waals surface area contributed by atoms with Crippen molar-refractivity contribution < 1.29 is 15.0 Å². The number of hydrogen-bond acceptors (Lipinski definition) is 3. The Hall–Kier alpha value is -1.58. The molecule has 3 N–H and O–H groups in total. The second kappa shape index (κ2) is 5.96. The standard InChI is InChI=1S/C10H15NO3/c1-3-5-7(9(12)4-2)8(11)6-10(13)14/h4-5,11-12H,3,6H2,1-2H3,(H,13,14)/b7-5-,9-4+,11-8?. The van der Waals surface area contributed by atoms with Crippen molar-refractivity contribution in [2.75, 3.05) is 0 Å². The molecule has 0 radical (unpaired) electrons. The number of allylic oxidation sites excluding steroid dienone is 3. The summed E-state index contributed by atoms with van der Waals surface area (Å²) in [6.07, 6.45) is 3.36. The van der Waals surface area contributed by atoms with Crippen LogP contribution < -0.4 is 0 Å². The zero-order chi connectivity index (χ0) is 11.1. The topological polar surface area (TPSA) is 81.4 Å². The molecule has 14 heavy (non-hydrogen) atoms. The van der Waals surface area contributed by atoms with E-state index in [0.29, 0.717) is 12.0 Å². The molecule has 0 aliphatic rings. The Bertz CT molecular complexity index is 290. The third-order valence-electron chi connectivity index (χ3n) is 1.61. The molecule has 0 aromatic heterocycles. The van der Waals surface area contributed by atoms with Gasteiger partial charge in [0.15, 0.2) is 0 Å². The Balaban J connectivity index is 4.77. The smallest absolute Gasteiger partial charge is 0.309 e. The molecular formula is C10H15NO3. The minimum Gasteiger partial charge on any atom is -0.508 e. The molecule has 0 heterocycles. The number of carboxylic acids is 1. The maximum absolute atomic E-state index is 10.4. The molecule has 0 saturated carbocycles.